The van der Waals surface area contributed by atoms with Crippen LogP contribution in [0.3, 0.4) is 0 Å². The van der Waals surface area contributed by atoms with Gasteiger partial charge >= 0.3 is 0 Å². The van der Waals surface area contributed by atoms with Gasteiger partial charge in [0.05, 0.1) is 23.7 Å². The highest BCUT2D eigenvalue weighted by Crippen LogP contribution is 2.22. The third kappa shape index (κ3) is 2.40. The van der Waals surface area contributed by atoms with Crippen molar-refractivity contribution in [2.24, 2.45) is 0 Å². The molecule has 4 heteroatoms. The number of rotatable bonds is 6. The Morgan fingerprint density at radius 2 is 2.17 bits per heavy atom. The lowest BCUT2D eigenvalue weighted by molar-refractivity contribution is 0.186. The molecule has 98 valence electrons. The van der Waals surface area contributed by atoms with Crippen LogP contribution in [0.1, 0.15) is 25.2 Å². The molecule has 0 aliphatic rings. The number of para-hydroxylation sites is 2. The quantitative estimate of drug-likeness (QED) is 0.851. The molecule has 2 rings (SSSR count). The Labute approximate surface area is 108 Å². The lowest BCUT2D eigenvalue weighted by Gasteiger charge is -2.16. The Kier molecular flexibility index (Phi) is 4.33. The van der Waals surface area contributed by atoms with Crippen LogP contribution in [0, 0.1) is 0 Å². The minimum Gasteiger partial charge on any atom is -0.383 e. The monoisotopic (exact) mass is 247 g/mol. The van der Waals surface area contributed by atoms with Crippen LogP contribution in [0.4, 0.5) is 0 Å². The molecule has 1 aromatic heterocycles. The molecular formula is C14H21N3O. The van der Waals surface area contributed by atoms with Gasteiger partial charge in [-0.05, 0) is 25.6 Å². The summed E-state index contributed by atoms with van der Waals surface area (Å²) in [6.45, 7) is 3.71. The van der Waals surface area contributed by atoms with Crippen molar-refractivity contribution >= 4 is 11.0 Å². The number of hydrogen-bond donors (Lipinski definition) is 1. The zero-order valence-corrected chi connectivity index (χ0v) is 11.3. The average molecular weight is 247 g/mol. The van der Waals surface area contributed by atoms with Gasteiger partial charge in [-0.25, -0.2) is 4.98 Å². The second-order valence-corrected chi connectivity index (χ2v) is 4.35. The van der Waals surface area contributed by atoms with E-state index in [9.17, 15) is 0 Å². The van der Waals surface area contributed by atoms with Gasteiger partial charge in [0.2, 0.25) is 0 Å². The molecule has 0 saturated carbocycles. The first-order valence-electron chi connectivity index (χ1n) is 6.43. The van der Waals surface area contributed by atoms with E-state index in [0.717, 1.165) is 24.3 Å². The average Bonchev–Trinajstić information content (AvgIpc) is 2.76. The van der Waals surface area contributed by atoms with E-state index in [1.807, 2.05) is 13.1 Å². The summed E-state index contributed by atoms with van der Waals surface area (Å²) >= 11 is 0. The molecule has 18 heavy (non-hydrogen) atoms. The summed E-state index contributed by atoms with van der Waals surface area (Å²) in [6, 6.07) is 8.54. The van der Waals surface area contributed by atoms with E-state index in [1.165, 1.54) is 5.52 Å². The molecule has 0 amide bonds. The van der Waals surface area contributed by atoms with Crippen LogP contribution < -0.4 is 5.32 Å². The molecule has 2 aromatic rings. The Hall–Kier alpha value is -1.39. The summed E-state index contributed by atoms with van der Waals surface area (Å²) in [5.41, 5.74) is 2.23. The number of nitrogens with one attached hydrogen (secondary N) is 1. The van der Waals surface area contributed by atoms with E-state index < -0.39 is 0 Å². The lowest BCUT2D eigenvalue weighted by atomic mass is 10.2. The maximum atomic E-state index is 5.20. The van der Waals surface area contributed by atoms with Crippen LogP contribution in [0.15, 0.2) is 24.3 Å². The normalized spacial score (nSPS) is 13.1. The largest absolute Gasteiger partial charge is 0.383 e. The molecule has 0 aliphatic heterocycles. The third-order valence-corrected chi connectivity index (χ3v) is 3.27. The van der Waals surface area contributed by atoms with E-state index in [4.69, 9.17) is 9.72 Å². The highest BCUT2D eigenvalue weighted by atomic mass is 16.5. The van der Waals surface area contributed by atoms with E-state index in [-0.39, 0.29) is 6.04 Å². The van der Waals surface area contributed by atoms with Crippen molar-refractivity contribution in [3.63, 3.8) is 0 Å². The van der Waals surface area contributed by atoms with Crippen molar-refractivity contribution < 1.29 is 4.74 Å². The van der Waals surface area contributed by atoms with Gasteiger partial charge in [0.15, 0.2) is 0 Å². The van der Waals surface area contributed by atoms with Gasteiger partial charge in [-0.15, -0.1) is 0 Å². The van der Waals surface area contributed by atoms with Crippen LogP contribution in [0.5, 0.6) is 0 Å². The number of nitrogens with zero attached hydrogens (tertiary/aromatic N) is 2. The van der Waals surface area contributed by atoms with Crippen LogP contribution in [0.25, 0.3) is 11.0 Å². The first kappa shape index (κ1) is 13.1. The van der Waals surface area contributed by atoms with E-state index in [1.54, 1.807) is 7.11 Å². The number of fused-ring (bicyclic) bond motifs is 1. The van der Waals surface area contributed by atoms with Crippen molar-refractivity contribution in [3.05, 3.63) is 30.1 Å². The standard InChI is InChI=1S/C14H21N3O/c1-4-11(15-2)14-16-12-7-5-6-8-13(12)17(14)9-10-18-3/h5-8,11,15H,4,9-10H2,1-3H3. The van der Waals surface area contributed by atoms with Crippen molar-refractivity contribution in [1.82, 2.24) is 14.9 Å². The summed E-state index contributed by atoms with van der Waals surface area (Å²) in [5, 5.41) is 3.32. The van der Waals surface area contributed by atoms with E-state index in [0.29, 0.717) is 6.61 Å². The van der Waals surface area contributed by atoms with Crippen molar-refractivity contribution in [2.75, 3.05) is 20.8 Å². The summed E-state index contributed by atoms with van der Waals surface area (Å²) in [7, 11) is 3.71. The van der Waals surface area contributed by atoms with E-state index in [2.05, 4.69) is 35.0 Å². The molecule has 1 unspecified atom stereocenters. The number of imidazole rings is 1. The van der Waals surface area contributed by atoms with Crippen LogP contribution in [-0.2, 0) is 11.3 Å². The van der Waals surface area contributed by atoms with E-state index >= 15 is 0 Å². The Balaban J connectivity index is 2.48. The molecule has 1 N–H and O–H groups in total. The van der Waals surface area contributed by atoms with Gasteiger partial charge < -0.3 is 14.6 Å². The van der Waals surface area contributed by atoms with Crippen LogP contribution >= 0.6 is 0 Å². The Morgan fingerprint density at radius 1 is 1.39 bits per heavy atom. The first-order valence-corrected chi connectivity index (χ1v) is 6.43. The highest BCUT2D eigenvalue weighted by molar-refractivity contribution is 5.76. The second-order valence-electron chi connectivity index (χ2n) is 4.35. The zero-order chi connectivity index (χ0) is 13.0. The van der Waals surface area contributed by atoms with Gasteiger partial charge in [-0.1, -0.05) is 19.1 Å². The van der Waals surface area contributed by atoms with Crippen molar-refractivity contribution in [3.8, 4) is 0 Å². The fraction of sp³-hybridized carbons (Fsp3) is 0.500. The maximum Gasteiger partial charge on any atom is 0.127 e. The molecule has 1 heterocycles. The predicted octanol–water partition coefficient (Wildman–Crippen LogP) is 2.35. The van der Waals surface area contributed by atoms with Gasteiger partial charge in [-0.2, -0.15) is 0 Å². The smallest absolute Gasteiger partial charge is 0.127 e. The summed E-state index contributed by atoms with van der Waals surface area (Å²) in [4.78, 5) is 4.75. The molecule has 0 spiro atoms. The molecule has 0 radical (unpaired) electrons. The van der Waals surface area contributed by atoms with Crippen LogP contribution in [0.2, 0.25) is 0 Å². The third-order valence-electron chi connectivity index (χ3n) is 3.27. The van der Waals surface area contributed by atoms with Crippen molar-refractivity contribution in [2.45, 2.75) is 25.9 Å². The molecule has 1 aromatic carbocycles. The Bertz CT molecular complexity index is 503. The minimum atomic E-state index is 0.286. The number of methoxy groups -OCH3 is 1. The fourth-order valence-electron chi connectivity index (χ4n) is 2.29. The molecular weight excluding hydrogens is 226 g/mol. The zero-order valence-electron chi connectivity index (χ0n) is 11.3. The minimum absolute atomic E-state index is 0.286. The SMILES string of the molecule is CCC(NC)c1nc2ccccc2n1CCOC. The van der Waals surface area contributed by atoms with Gasteiger partial charge in [0.1, 0.15) is 5.82 Å². The molecule has 4 nitrogen and oxygen atoms in total. The second kappa shape index (κ2) is 5.98. The van der Waals surface area contributed by atoms with Gasteiger partial charge in [-0.3, -0.25) is 0 Å². The van der Waals surface area contributed by atoms with Gasteiger partial charge in [0.25, 0.3) is 0 Å². The highest BCUT2D eigenvalue weighted by Gasteiger charge is 2.16. The summed E-state index contributed by atoms with van der Waals surface area (Å²) < 4.78 is 7.45. The Morgan fingerprint density at radius 3 is 2.83 bits per heavy atom. The predicted molar refractivity (Wildman–Crippen MR) is 73.7 cm³/mol. The number of aromatic nitrogens is 2. The molecule has 0 saturated heterocycles. The number of hydrogen-bond acceptors (Lipinski definition) is 3. The fourth-order valence-corrected chi connectivity index (χ4v) is 2.29. The molecule has 0 aliphatic carbocycles. The topological polar surface area (TPSA) is 39.1 Å². The number of ether oxygens (including phenoxy) is 1. The van der Waals surface area contributed by atoms with Gasteiger partial charge in [0, 0.05) is 13.7 Å². The maximum absolute atomic E-state index is 5.20. The number of benzene rings is 1. The van der Waals surface area contributed by atoms with Crippen molar-refractivity contribution in [1.29, 1.82) is 0 Å². The molecule has 0 bridgehead atoms. The molecule has 1 atom stereocenters. The summed E-state index contributed by atoms with van der Waals surface area (Å²) in [5.74, 6) is 1.10. The molecule has 0 fully saturated rings. The summed E-state index contributed by atoms with van der Waals surface area (Å²) in [6.07, 6.45) is 1.02. The van der Waals surface area contributed by atoms with Crippen LogP contribution in [-0.4, -0.2) is 30.3 Å². The first-order chi connectivity index (χ1) is 8.81. The lowest BCUT2D eigenvalue weighted by Crippen LogP contribution is -2.21.